The number of likely N-dealkylation sites (N-methyl/N-ethyl adjacent to an activating group) is 1. The van der Waals surface area contributed by atoms with Crippen molar-refractivity contribution in [3.05, 3.63) is 54.0 Å². The number of carbonyl (C=O) groups is 1. The number of hydrogen-bond acceptors (Lipinski definition) is 4. The van der Waals surface area contributed by atoms with Crippen molar-refractivity contribution in [2.24, 2.45) is 0 Å². The van der Waals surface area contributed by atoms with Gasteiger partial charge in [-0.3, -0.25) is 4.79 Å². The van der Waals surface area contributed by atoms with Gasteiger partial charge < -0.3 is 14.6 Å². The molecular weight excluding hydrogens is 296 g/mol. The predicted molar refractivity (Wildman–Crippen MR) is 88.1 cm³/mol. The summed E-state index contributed by atoms with van der Waals surface area (Å²) in [5.74, 6) is 1.18. The summed E-state index contributed by atoms with van der Waals surface area (Å²) in [6.45, 7) is 1.83. The van der Waals surface area contributed by atoms with Gasteiger partial charge in [0.2, 0.25) is 0 Å². The predicted octanol–water partition coefficient (Wildman–Crippen LogP) is 3.01. The maximum Gasteiger partial charge on any atom is 0.289 e. The molecule has 1 aliphatic rings. The zero-order valence-corrected chi connectivity index (χ0v) is 13.4. The molecule has 0 bridgehead atoms. The molecule has 2 heterocycles. The average molecular weight is 316 g/mol. The summed E-state index contributed by atoms with van der Waals surface area (Å²) in [5, 5.41) is 3.29. The van der Waals surface area contributed by atoms with Crippen molar-refractivity contribution in [3.63, 3.8) is 0 Å². The lowest BCUT2D eigenvalue weighted by Gasteiger charge is -2.23. The largest absolute Gasteiger partial charge is 0.459 e. The highest BCUT2D eigenvalue weighted by atomic mass is 32.2. The Hall–Kier alpha value is -1.72. The van der Waals surface area contributed by atoms with Crippen LogP contribution in [0.25, 0.3) is 0 Å². The first kappa shape index (κ1) is 15.2. The van der Waals surface area contributed by atoms with Crippen LogP contribution in [-0.4, -0.2) is 37.0 Å². The Morgan fingerprint density at radius 2 is 2.18 bits per heavy atom. The molecule has 1 aromatic carbocycles. The monoisotopic (exact) mass is 316 g/mol. The zero-order valence-electron chi connectivity index (χ0n) is 12.6. The molecule has 0 aliphatic carbocycles. The van der Waals surface area contributed by atoms with E-state index in [1.165, 1.54) is 4.90 Å². The fourth-order valence-corrected chi connectivity index (χ4v) is 3.51. The molecule has 1 aromatic heterocycles. The molecule has 116 valence electrons. The fraction of sp³-hybridized carbons (Fsp3) is 0.353. The number of hydrogen-bond donors (Lipinski definition) is 1. The first-order valence-corrected chi connectivity index (χ1v) is 8.46. The van der Waals surface area contributed by atoms with Gasteiger partial charge in [0, 0.05) is 35.8 Å². The molecule has 4 nitrogen and oxygen atoms in total. The number of furan rings is 1. The molecule has 5 heteroatoms. The van der Waals surface area contributed by atoms with E-state index >= 15 is 0 Å². The molecule has 0 spiro atoms. The molecule has 1 atom stereocenters. The van der Waals surface area contributed by atoms with E-state index in [0.717, 1.165) is 30.8 Å². The van der Waals surface area contributed by atoms with Crippen LogP contribution in [0.3, 0.4) is 0 Å². The highest BCUT2D eigenvalue weighted by molar-refractivity contribution is 7.98. The third kappa shape index (κ3) is 3.36. The number of rotatable bonds is 5. The first-order valence-electron chi connectivity index (χ1n) is 7.48. The van der Waals surface area contributed by atoms with E-state index in [9.17, 15) is 4.79 Å². The van der Waals surface area contributed by atoms with Crippen molar-refractivity contribution in [1.29, 1.82) is 0 Å². The van der Waals surface area contributed by atoms with E-state index in [1.807, 2.05) is 31.3 Å². The molecule has 1 N–H and O–H groups in total. The molecule has 22 heavy (non-hydrogen) atoms. The smallest absolute Gasteiger partial charge is 0.289 e. The highest BCUT2D eigenvalue weighted by Crippen LogP contribution is 2.26. The van der Waals surface area contributed by atoms with Crippen LogP contribution in [-0.2, 0) is 5.75 Å². The maximum absolute atomic E-state index is 12.6. The second-order valence-corrected chi connectivity index (χ2v) is 6.49. The second kappa shape index (κ2) is 7.03. The zero-order chi connectivity index (χ0) is 15.4. The summed E-state index contributed by atoms with van der Waals surface area (Å²) < 4.78 is 5.47. The fourth-order valence-electron chi connectivity index (χ4n) is 2.61. The Labute approximate surface area is 134 Å². The van der Waals surface area contributed by atoms with E-state index in [1.54, 1.807) is 22.9 Å². The third-order valence-corrected chi connectivity index (χ3v) is 5.04. The maximum atomic E-state index is 12.6. The lowest BCUT2D eigenvalue weighted by Crippen LogP contribution is -2.38. The quantitative estimate of drug-likeness (QED) is 0.861. The van der Waals surface area contributed by atoms with Gasteiger partial charge in [-0.25, -0.2) is 0 Å². The summed E-state index contributed by atoms with van der Waals surface area (Å²) in [6, 6.07) is 12.3. The van der Waals surface area contributed by atoms with Gasteiger partial charge in [0.25, 0.3) is 5.91 Å². The van der Waals surface area contributed by atoms with E-state index in [4.69, 9.17) is 4.42 Å². The summed E-state index contributed by atoms with van der Waals surface area (Å²) in [6.07, 6.45) is 2.60. The average Bonchev–Trinajstić information content (AvgIpc) is 3.24. The molecule has 2 aromatic rings. The van der Waals surface area contributed by atoms with Crippen LogP contribution in [0.5, 0.6) is 0 Å². The van der Waals surface area contributed by atoms with Crippen LogP contribution < -0.4 is 5.32 Å². The Bertz CT molecular complexity index is 621. The Balaban J connectivity index is 1.67. The lowest BCUT2D eigenvalue weighted by atomic mass is 10.2. The Kier molecular flexibility index (Phi) is 4.85. The number of amides is 1. The van der Waals surface area contributed by atoms with Crippen molar-refractivity contribution < 1.29 is 9.21 Å². The minimum Gasteiger partial charge on any atom is -0.459 e. The molecule has 0 saturated carbocycles. The molecule has 1 saturated heterocycles. The topological polar surface area (TPSA) is 45.5 Å². The highest BCUT2D eigenvalue weighted by Gasteiger charge is 2.27. The summed E-state index contributed by atoms with van der Waals surface area (Å²) in [7, 11) is 1.86. The van der Waals surface area contributed by atoms with Crippen LogP contribution in [0.2, 0.25) is 0 Å². The summed E-state index contributed by atoms with van der Waals surface area (Å²) in [4.78, 5) is 15.6. The molecule has 1 fully saturated rings. The van der Waals surface area contributed by atoms with Crippen molar-refractivity contribution in [2.75, 3.05) is 20.1 Å². The summed E-state index contributed by atoms with van der Waals surface area (Å²) in [5.41, 5.74) is 0.955. The summed E-state index contributed by atoms with van der Waals surface area (Å²) >= 11 is 1.71. The molecule has 0 radical (unpaired) electrons. The van der Waals surface area contributed by atoms with Crippen molar-refractivity contribution in [2.45, 2.75) is 23.1 Å². The normalized spacial score (nSPS) is 17.6. The van der Waals surface area contributed by atoms with Gasteiger partial charge in [-0.05, 0) is 31.2 Å². The third-order valence-electron chi connectivity index (χ3n) is 3.98. The molecule has 3 rings (SSSR count). The van der Waals surface area contributed by atoms with E-state index < -0.39 is 0 Å². The Morgan fingerprint density at radius 1 is 1.36 bits per heavy atom. The second-order valence-electron chi connectivity index (χ2n) is 5.44. The van der Waals surface area contributed by atoms with Crippen LogP contribution >= 0.6 is 11.8 Å². The van der Waals surface area contributed by atoms with Crippen LogP contribution in [0.1, 0.15) is 22.5 Å². The van der Waals surface area contributed by atoms with E-state index in [-0.39, 0.29) is 11.9 Å². The van der Waals surface area contributed by atoms with Crippen LogP contribution in [0.4, 0.5) is 0 Å². The van der Waals surface area contributed by atoms with Gasteiger partial charge in [0.1, 0.15) is 0 Å². The van der Waals surface area contributed by atoms with Crippen molar-refractivity contribution in [1.82, 2.24) is 10.2 Å². The van der Waals surface area contributed by atoms with Gasteiger partial charge in [-0.2, -0.15) is 0 Å². The van der Waals surface area contributed by atoms with Gasteiger partial charge in [0.05, 0.1) is 6.26 Å². The molecule has 1 amide bonds. The van der Waals surface area contributed by atoms with Crippen molar-refractivity contribution in [3.8, 4) is 0 Å². The standard InChI is InChI=1S/C17H20N2O2S/c1-19(14-7-9-18-11-14)17(20)16-13(8-10-21-16)12-22-15-5-3-2-4-6-15/h2-6,8,10,14,18H,7,9,11-12H2,1H3. The number of carbonyl (C=O) groups excluding carboxylic acids is 1. The number of thioether (sulfide) groups is 1. The van der Waals surface area contributed by atoms with Gasteiger partial charge in [0.15, 0.2) is 5.76 Å². The minimum atomic E-state index is -0.0256. The van der Waals surface area contributed by atoms with Gasteiger partial charge >= 0.3 is 0 Å². The molecule has 1 aliphatic heterocycles. The van der Waals surface area contributed by atoms with E-state index in [2.05, 4.69) is 17.4 Å². The van der Waals surface area contributed by atoms with Crippen LogP contribution in [0.15, 0.2) is 52.0 Å². The minimum absolute atomic E-state index is 0.0256. The van der Waals surface area contributed by atoms with Gasteiger partial charge in [-0.15, -0.1) is 11.8 Å². The molecular formula is C17H20N2O2S. The number of benzene rings is 1. The SMILES string of the molecule is CN(C(=O)c1occc1CSc1ccccc1)C1CCNC1. The molecule has 1 unspecified atom stereocenters. The van der Waals surface area contributed by atoms with E-state index in [0.29, 0.717) is 5.76 Å². The number of nitrogens with one attached hydrogen (secondary N) is 1. The van der Waals surface area contributed by atoms with Crippen molar-refractivity contribution >= 4 is 17.7 Å². The first-order chi connectivity index (χ1) is 10.8. The van der Waals surface area contributed by atoms with Gasteiger partial charge in [-0.1, -0.05) is 18.2 Å². The number of nitrogens with zero attached hydrogens (tertiary/aromatic N) is 1. The van der Waals surface area contributed by atoms with Crippen LogP contribution in [0, 0.1) is 0 Å². The Morgan fingerprint density at radius 3 is 2.91 bits per heavy atom. The lowest BCUT2D eigenvalue weighted by molar-refractivity contribution is 0.0710.